The van der Waals surface area contributed by atoms with Gasteiger partial charge in [-0.2, -0.15) is 0 Å². The monoisotopic (exact) mass is 284 g/mol. The number of nitrogens with zero attached hydrogens (tertiary/aromatic N) is 1. The first kappa shape index (κ1) is 15.1. The maximum atomic E-state index is 11.6. The van der Waals surface area contributed by atoms with Crippen molar-refractivity contribution in [3.8, 4) is 0 Å². The molecular weight excluding hydrogens is 272 g/mol. The van der Waals surface area contributed by atoms with Gasteiger partial charge in [-0.3, -0.25) is 14.9 Å². The Morgan fingerprint density at radius 1 is 1.37 bits per heavy atom. The zero-order chi connectivity index (χ0) is 14.6. The number of carbonyl (C=O) groups excluding carboxylic acids is 3. The number of carbonyl (C=O) groups is 3. The molecule has 0 aliphatic carbocycles. The average molecular weight is 285 g/mol. The van der Waals surface area contributed by atoms with E-state index >= 15 is 0 Å². The molecule has 0 unspecified atom stereocenters. The summed E-state index contributed by atoms with van der Waals surface area (Å²) in [5, 5.41) is 2.31. The SMILES string of the molecule is CC(C)(C)OC(=O)Nc1c(C=O)cc(Cl)nc1C=O. The van der Waals surface area contributed by atoms with Crippen molar-refractivity contribution in [2.24, 2.45) is 0 Å². The Morgan fingerprint density at radius 2 is 2.00 bits per heavy atom. The first-order valence-electron chi connectivity index (χ1n) is 5.37. The molecule has 1 amide bonds. The molecule has 0 spiro atoms. The lowest BCUT2D eigenvalue weighted by Gasteiger charge is -2.20. The smallest absolute Gasteiger partial charge is 0.412 e. The number of ether oxygens (including phenoxy) is 1. The van der Waals surface area contributed by atoms with Gasteiger partial charge in [0.25, 0.3) is 0 Å². The van der Waals surface area contributed by atoms with Gasteiger partial charge in [-0.05, 0) is 26.8 Å². The Morgan fingerprint density at radius 3 is 2.47 bits per heavy atom. The van der Waals surface area contributed by atoms with Crippen LogP contribution in [0.15, 0.2) is 6.07 Å². The van der Waals surface area contributed by atoms with E-state index in [1.165, 1.54) is 6.07 Å². The van der Waals surface area contributed by atoms with Crippen LogP contribution in [-0.2, 0) is 4.74 Å². The van der Waals surface area contributed by atoms with Gasteiger partial charge in [-0.25, -0.2) is 9.78 Å². The van der Waals surface area contributed by atoms with Crippen molar-refractivity contribution in [3.63, 3.8) is 0 Å². The van der Waals surface area contributed by atoms with Gasteiger partial charge >= 0.3 is 6.09 Å². The van der Waals surface area contributed by atoms with Crippen molar-refractivity contribution in [2.45, 2.75) is 26.4 Å². The number of halogens is 1. The largest absolute Gasteiger partial charge is 0.444 e. The van der Waals surface area contributed by atoms with E-state index < -0.39 is 11.7 Å². The molecule has 1 N–H and O–H groups in total. The van der Waals surface area contributed by atoms with E-state index in [-0.39, 0.29) is 22.1 Å². The third kappa shape index (κ3) is 4.33. The second kappa shape index (κ2) is 5.79. The molecule has 0 aromatic carbocycles. The topological polar surface area (TPSA) is 85.4 Å². The van der Waals surface area contributed by atoms with E-state index in [9.17, 15) is 14.4 Å². The molecule has 1 heterocycles. The maximum Gasteiger partial charge on any atom is 0.412 e. The lowest BCUT2D eigenvalue weighted by atomic mass is 10.2. The van der Waals surface area contributed by atoms with Crippen LogP contribution in [0.4, 0.5) is 10.5 Å². The number of aromatic nitrogens is 1. The summed E-state index contributed by atoms with van der Waals surface area (Å²) in [5.74, 6) is 0. The van der Waals surface area contributed by atoms with Crippen molar-refractivity contribution >= 4 is 36.0 Å². The third-order valence-electron chi connectivity index (χ3n) is 1.91. The maximum absolute atomic E-state index is 11.6. The molecule has 6 nitrogen and oxygen atoms in total. The summed E-state index contributed by atoms with van der Waals surface area (Å²) < 4.78 is 5.03. The Hall–Kier alpha value is -1.95. The van der Waals surface area contributed by atoms with Gasteiger partial charge in [0.2, 0.25) is 0 Å². The van der Waals surface area contributed by atoms with E-state index in [0.717, 1.165) is 0 Å². The van der Waals surface area contributed by atoms with Crippen LogP contribution in [0.2, 0.25) is 5.15 Å². The van der Waals surface area contributed by atoms with Crippen molar-refractivity contribution in [2.75, 3.05) is 5.32 Å². The van der Waals surface area contributed by atoms with Crippen molar-refractivity contribution in [1.29, 1.82) is 0 Å². The van der Waals surface area contributed by atoms with Gasteiger partial charge in [0.05, 0.1) is 5.69 Å². The van der Waals surface area contributed by atoms with E-state index in [1.807, 2.05) is 0 Å². The Balaban J connectivity index is 3.09. The molecule has 1 aromatic rings. The first-order valence-corrected chi connectivity index (χ1v) is 5.75. The quantitative estimate of drug-likeness (QED) is 0.681. The molecule has 0 saturated heterocycles. The summed E-state index contributed by atoms with van der Waals surface area (Å²) in [6, 6.07) is 1.24. The lowest BCUT2D eigenvalue weighted by molar-refractivity contribution is 0.0636. The molecule has 102 valence electrons. The van der Waals surface area contributed by atoms with Crippen LogP contribution < -0.4 is 5.32 Å². The highest BCUT2D eigenvalue weighted by Crippen LogP contribution is 2.21. The van der Waals surface area contributed by atoms with Gasteiger partial charge in [-0.15, -0.1) is 0 Å². The molecule has 0 radical (unpaired) electrons. The second-order valence-corrected chi connectivity index (χ2v) is 5.04. The molecule has 7 heteroatoms. The van der Waals surface area contributed by atoms with Gasteiger partial charge in [0.1, 0.15) is 16.4 Å². The predicted octanol–water partition coefficient (Wildman–Crippen LogP) is 2.71. The molecule has 1 aromatic heterocycles. The standard InChI is InChI=1S/C12H13ClN2O4/c1-12(2,3)19-11(18)15-10-7(5-16)4-9(13)14-8(10)6-17/h4-6H,1-3H3,(H,15,18). The molecule has 0 bridgehead atoms. The van der Waals surface area contributed by atoms with E-state index in [1.54, 1.807) is 20.8 Å². The van der Waals surface area contributed by atoms with Crippen LogP contribution in [0, 0.1) is 0 Å². The van der Waals surface area contributed by atoms with Crippen molar-refractivity contribution < 1.29 is 19.1 Å². The molecule has 0 saturated carbocycles. The molecular formula is C12H13ClN2O4. The Kier molecular flexibility index (Phi) is 4.61. The second-order valence-electron chi connectivity index (χ2n) is 4.66. The minimum Gasteiger partial charge on any atom is -0.444 e. The zero-order valence-corrected chi connectivity index (χ0v) is 11.4. The molecule has 1 rings (SSSR count). The van der Waals surface area contributed by atoms with Crippen molar-refractivity contribution in [1.82, 2.24) is 4.98 Å². The van der Waals surface area contributed by atoms with Gasteiger partial charge in [0.15, 0.2) is 12.6 Å². The fourth-order valence-electron chi connectivity index (χ4n) is 1.27. The normalized spacial score (nSPS) is 10.7. The Labute approximate surface area is 115 Å². The summed E-state index contributed by atoms with van der Waals surface area (Å²) in [4.78, 5) is 37.1. The summed E-state index contributed by atoms with van der Waals surface area (Å²) in [5.41, 5.74) is -0.816. The van der Waals surface area contributed by atoms with Gasteiger partial charge in [-0.1, -0.05) is 11.6 Å². The molecule has 0 fully saturated rings. The van der Waals surface area contributed by atoms with Crippen LogP contribution in [0.5, 0.6) is 0 Å². The number of nitrogens with one attached hydrogen (secondary N) is 1. The number of rotatable bonds is 3. The van der Waals surface area contributed by atoms with E-state index in [2.05, 4.69) is 10.3 Å². The number of amides is 1. The first-order chi connectivity index (χ1) is 8.76. The van der Waals surface area contributed by atoms with Crippen molar-refractivity contribution in [3.05, 3.63) is 22.5 Å². The average Bonchev–Trinajstić information content (AvgIpc) is 2.28. The molecule has 19 heavy (non-hydrogen) atoms. The van der Waals surface area contributed by atoms with Crippen LogP contribution in [-0.4, -0.2) is 29.3 Å². The highest BCUT2D eigenvalue weighted by Gasteiger charge is 2.19. The van der Waals surface area contributed by atoms with E-state index in [4.69, 9.17) is 16.3 Å². The highest BCUT2D eigenvalue weighted by molar-refractivity contribution is 6.30. The number of hydrogen-bond donors (Lipinski definition) is 1. The Bertz CT molecular complexity index is 494. The minimum atomic E-state index is -0.789. The van der Waals surface area contributed by atoms with Gasteiger partial charge in [0, 0.05) is 5.56 Å². The minimum absolute atomic E-state index is 0.0149. The lowest BCUT2D eigenvalue weighted by Crippen LogP contribution is -2.28. The molecule has 0 atom stereocenters. The molecule has 0 aliphatic rings. The fraction of sp³-hybridized carbons (Fsp3) is 0.333. The summed E-state index contributed by atoms with van der Waals surface area (Å²) in [6.45, 7) is 5.07. The molecule has 0 aliphatic heterocycles. The summed E-state index contributed by atoms with van der Waals surface area (Å²) in [7, 11) is 0. The van der Waals surface area contributed by atoms with Gasteiger partial charge < -0.3 is 4.74 Å². The van der Waals surface area contributed by atoms with Crippen LogP contribution in [0.1, 0.15) is 41.6 Å². The van der Waals surface area contributed by atoms with E-state index in [0.29, 0.717) is 12.6 Å². The zero-order valence-electron chi connectivity index (χ0n) is 10.7. The van der Waals surface area contributed by atoms with Crippen LogP contribution in [0.25, 0.3) is 0 Å². The third-order valence-corrected chi connectivity index (χ3v) is 2.10. The summed E-state index contributed by atoms with van der Waals surface area (Å²) in [6.07, 6.45) is 0.0709. The predicted molar refractivity (Wildman–Crippen MR) is 69.9 cm³/mol. The number of anilines is 1. The van der Waals surface area contributed by atoms with Crippen LogP contribution >= 0.6 is 11.6 Å². The fourth-order valence-corrected chi connectivity index (χ4v) is 1.48. The summed E-state index contributed by atoms with van der Waals surface area (Å²) >= 11 is 5.65. The highest BCUT2D eigenvalue weighted by atomic mass is 35.5. The van der Waals surface area contributed by atoms with Crippen LogP contribution in [0.3, 0.4) is 0 Å². The number of pyridine rings is 1. The number of aldehydes is 2. The number of hydrogen-bond acceptors (Lipinski definition) is 5.